The second kappa shape index (κ2) is 6.39. The van der Waals surface area contributed by atoms with Crippen molar-refractivity contribution in [2.75, 3.05) is 20.7 Å². The molecule has 0 saturated heterocycles. The van der Waals surface area contributed by atoms with Gasteiger partial charge in [-0.1, -0.05) is 0 Å². The summed E-state index contributed by atoms with van der Waals surface area (Å²) in [7, 11) is 3.12. The van der Waals surface area contributed by atoms with Crippen LogP contribution < -0.4 is 0 Å². The van der Waals surface area contributed by atoms with Crippen LogP contribution in [0.15, 0.2) is 11.4 Å². The van der Waals surface area contributed by atoms with Gasteiger partial charge in [-0.3, -0.25) is 9.59 Å². The lowest BCUT2D eigenvalue weighted by Gasteiger charge is -2.16. The number of nitrogens with zero attached hydrogens (tertiary/aromatic N) is 1. The first-order valence-corrected chi connectivity index (χ1v) is 6.30. The number of rotatable bonds is 5. The van der Waals surface area contributed by atoms with Crippen molar-refractivity contribution < 1.29 is 14.3 Å². The van der Waals surface area contributed by atoms with Crippen LogP contribution in [0.1, 0.15) is 28.1 Å². The van der Waals surface area contributed by atoms with Crippen molar-refractivity contribution in [2.45, 2.75) is 19.8 Å². The fourth-order valence-electron chi connectivity index (χ4n) is 1.43. The van der Waals surface area contributed by atoms with Gasteiger partial charge in [-0.2, -0.15) is 0 Å². The maximum atomic E-state index is 12.0. The number of aryl methyl sites for hydroxylation is 1. The van der Waals surface area contributed by atoms with E-state index in [1.807, 2.05) is 18.4 Å². The van der Waals surface area contributed by atoms with Crippen molar-refractivity contribution >= 4 is 23.2 Å². The van der Waals surface area contributed by atoms with Gasteiger partial charge < -0.3 is 9.64 Å². The molecule has 1 aromatic rings. The fourth-order valence-corrected chi connectivity index (χ4v) is 2.35. The minimum absolute atomic E-state index is 0.0161. The fraction of sp³-hybridized carbons (Fsp3) is 0.500. The number of esters is 1. The Balaban J connectivity index is 2.43. The summed E-state index contributed by atoms with van der Waals surface area (Å²) in [5, 5.41) is 1.91. The third kappa shape index (κ3) is 3.85. The zero-order valence-electron chi connectivity index (χ0n) is 10.4. The molecule has 0 radical (unpaired) electrons. The molecule has 0 saturated carbocycles. The topological polar surface area (TPSA) is 46.6 Å². The molecule has 0 aliphatic carbocycles. The summed E-state index contributed by atoms with van der Waals surface area (Å²) in [6.45, 7) is 2.48. The minimum Gasteiger partial charge on any atom is -0.469 e. The Morgan fingerprint density at radius 1 is 1.47 bits per heavy atom. The molecule has 4 nitrogen and oxygen atoms in total. The number of carbonyl (C=O) groups is 2. The van der Waals surface area contributed by atoms with Crippen LogP contribution in [0, 0.1) is 6.92 Å². The van der Waals surface area contributed by atoms with Crippen molar-refractivity contribution in [1.82, 2.24) is 4.90 Å². The largest absolute Gasteiger partial charge is 0.469 e. The monoisotopic (exact) mass is 255 g/mol. The Morgan fingerprint density at radius 3 is 2.71 bits per heavy atom. The summed E-state index contributed by atoms with van der Waals surface area (Å²) >= 11 is 1.45. The Labute approximate surface area is 105 Å². The maximum absolute atomic E-state index is 12.0. The second-order valence-corrected chi connectivity index (χ2v) is 4.76. The van der Waals surface area contributed by atoms with E-state index < -0.39 is 0 Å². The molecule has 0 atom stereocenters. The van der Waals surface area contributed by atoms with Crippen molar-refractivity contribution in [3.63, 3.8) is 0 Å². The highest BCUT2D eigenvalue weighted by molar-refractivity contribution is 7.12. The smallest absolute Gasteiger partial charge is 0.305 e. The van der Waals surface area contributed by atoms with Crippen molar-refractivity contribution in [2.24, 2.45) is 0 Å². The van der Waals surface area contributed by atoms with Gasteiger partial charge in [0.1, 0.15) is 0 Å². The molecular formula is C12H17NO3S. The van der Waals surface area contributed by atoms with E-state index in [0.29, 0.717) is 19.4 Å². The number of thiophene rings is 1. The number of carbonyl (C=O) groups excluding carboxylic acids is 2. The molecule has 0 bridgehead atoms. The van der Waals surface area contributed by atoms with Crippen LogP contribution in [0.3, 0.4) is 0 Å². The van der Waals surface area contributed by atoms with Gasteiger partial charge in [0.2, 0.25) is 0 Å². The molecule has 94 valence electrons. The Kier molecular flexibility index (Phi) is 5.15. The standard InChI is InChI=1S/C12H17NO3S/c1-9-6-8-17-11(9)12(15)13(2)7-4-5-10(14)16-3/h6,8H,4-5,7H2,1-3H3. The van der Waals surface area contributed by atoms with Crippen molar-refractivity contribution in [3.05, 3.63) is 21.9 Å². The second-order valence-electron chi connectivity index (χ2n) is 3.84. The molecule has 17 heavy (non-hydrogen) atoms. The van der Waals surface area contributed by atoms with Gasteiger partial charge in [0.05, 0.1) is 12.0 Å². The molecule has 0 unspecified atom stereocenters. The highest BCUT2D eigenvalue weighted by Gasteiger charge is 2.15. The molecule has 0 aliphatic rings. The van der Waals surface area contributed by atoms with E-state index in [2.05, 4.69) is 4.74 Å². The Bertz CT molecular complexity index is 400. The van der Waals surface area contributed by atoms with Gasteiger partial charge in [-0.25, -0.2) is 0 Å². The third-order valence-electron chi connectivity index (χ3n) is 2.51. The first-order valence-electron chi connectivity index (χ1n) is 5.42. The van der Waals surface area contributed by atoms with Crippen LogP contribution >= 0.6 is 11.3 Å². The molecule has 0 N–H and O–H groups in total. The van der Waals surface area contributed by atoms with E-state index in [-0.39, 0.29) is 11.9 Å². The Morgan fingerprint density at radius 2 is 2.18 bits per heavy atom. The van der Waals surface area contributed by atoms with Crippen LogP contribution in [-0.2, 0) is 9.53 Å². The normalized spacial score (nSPS) is 10.1. The van der Waals surface area contributed by atoms with E-state index in [9.17, 15) is 9.59 Å². The molecule has 1 aromatic heterocycles. The number of hydrogen-bond donors (Lipinski definition) is 0. The minimum atomic E-state index is -0.238. The van der Waals surface area contributed by atoms with Gasteiger partial charge >= 0.3 is 5.97 Å². The molecule has 0 fully saturated rings. The Hall–Kier alpha value is -1.36. The highest BCUT2D eigenvalue weighted by atomic mass is 32.1. The molecule has 1 rings (SSSR count). The molecular weight excluding hydrogens is 238 g/mol. The number of methoxy groups -OCH3 is 1. The molecule has 1 heterocycles. The summed E-state index contributed by atoms with van der Waals surface area (Å²) in [5.74, 6) is -0.222. The van der Waals surface area contributed by atoms with Gasteiger partial charge in [0, 0.05) is 20.0 Å². The van der Waals surface area contributed by atoms with Crippen molar-refractivity contribution in [3.8, 4) is 0 Å². The van der Waals surface area contributed by atoms with Crippen LogP contribution in [0.25, 0.3) is 0 Å². The molecule has 1 amide bonds. The number of amides is 1. The van der Waals surface area contributed by atoms with E-state index in [1.54, 1.807) is 11.9 Å². The molecule has 5 heteroatoms. The third-order valence-corrected chi connectivity index (χ3v) is 3.51. The zero-order valence-corrected chi connectivity index (χ0v) is 11.2. The van der Waals surface area contributed by atoms with Crippen LogP contribution in [0.2, 0.25) is 0 Å². The van der Waals surface area contributed by atoms with Crippen LogP contribution in [0.5, 0.6) is 0 Å². The van der Waals surface area contributed by atoms with Gasteiger partial charge in [0.25, 0.3) is 5.91 Å². The predicted octanol–water partition coefficient (Wildman–Crippen LogP) is 2.08. The predicted molar refractivity (Wildman–Crippen MR) is 67.3 cm³/mol. The molecule has 0 aromatic carbocycles. The van der Waals surface area contributed by atoms with Crippen LogP contribution in [0.4, 0.5) is 0 Å². The summed E-state index contributed by atoms with van der Waals surface area (Å²) in [5.41, 5.74) is 1.000. The first kappa shape index (κ1) is 13.7. The number of ether oxygens (including phenoxy) is 1. The quantitative estimate of drug-likeness (QED) is 0.757. The van der Waals surface area contributed by atoms with E-state index in [4.69, 9.17) is 0 Å². The van der Waals surface area contributed by atoms with E-state index in [1.165, 1.54) is 18.4 Å². The lowest BCUT2D eigenvalue weighted by atomic mass is 10.2. The maximum Gasteiger partial charge on any atom is 0.305 e. The average Bonchev–Trinajstić information content (AvgIpc) is 2.74. The summed E-state index contributed by atoms with van der Waals surface area (Å²) in [6, 6.07) is 1.93. The van der Waals surface area contributed by atoms with E-state index >= 15 is 0 Å². The van der Waals surface area contributed by atoms with Crippen LogP contribution in [-0.4, -0.2) is 37.5 Å². The summed E-state index contributed by atoms with van der Waals surface area (Å²) in [4.78, 5) is 25.3. The number of hydrogen-bond acceptors (Lipinski definition) is 4. The lowest BCUT2D eigenvalue weighted by Crippen LogP contribution is -2.27. The van der Waals surface area contributed by atoms with Crippen molar-refractivity contribution in [1.29, 1.82) is 0 Å². The molecule has 0 aliphatic heterocycles. The summed E-state index contributed by atoms with van der Waals surface area (Å²) in [6.07, 6.45) is 0.969. The SMILES string of the molecule is COC(=O)CCCN(C)C(=O)c1sccc1C. The summed E-state index contributed by atoms with van der Waals surface area (Å²) < 4.78 is 4.54. The van der Waals surface area contributed by atoms with Gasteiger partial charge in [-0.05, 0) is 30.4 Å². The highest BCUT2D eigenvalue weighted by Crippen LogP contribution is 2.17. The van der Waals surface area contributed by atoms with E-state index in [0.717, 1.165) is 10.4 Å². The van der Waals surface area contributed by atoms with Gasteiger partial charge in [0.15, 0.2) is 0 Å². The first-order chi connectivity index (χ1) is 8.06. The lowest BCUT2D eigenvalue weighted by molar-refractivity contribution is -0.140. The van der Waals surface area contributed by atoms with Gasteiger partial charge in [-0.15, -0.1) is 11.3 Å². The molecule has 0 spiro atoms. The average molecular weight is 255 g/mol. The zero-order chi connectivity index (χ0) is 12.8.